The molecule has 1 atom stereocenters. The van der Waals surface area contributed by atoms with Gasteiger partial charge in [-0.25, -0.2) is 0 Å². The Morgan fingerprint density at radius 3 is 2.50 bits per heavy atom. The van der Waals surface area contributed by atoms with Gasteiger partial charge in [0.2, 0.25) is 0 Å². The lowest BCUT2D eigenvalue weighted by atomic mass is 10.1. The summed E-state index contributed by atoms with van der Waals surface area (Å²) in [5.74, 6) is 0. The second kappa shape index (κ2) is 5.42. The molecule has 0 spiro atoms. The zero-order valence-corrected chi connectivity index (χ0v) is 7.20. The Balaban J connectivity index is 3.37. The van der Waals surface area contributed by atoms with Gasteiger partial charge in [-0.05, 0) is 19.9 Å². The molecule has 2 heteroatoms. The van der Waals surface area contributed by atoms with Gasteiger partial charge >= 0.3 is 0 Å². The fraction of sp³-hybridized carbons (Fsp3) is 0.875. The highest BCUT2D eigenvalue weighted by atomic mass is 14.9. The summed E-state index contributed by atoms with van der Waals surface area (Å²) in [4.78, 5) is 0. The highest BCUT2D eigenvalue weighted by Crippen LogP contribution is 1.94. The second-order valence-electron chi connectivity index (χ2n) is 2.62. The van der Waals surface area contributed by atoms with Crippen LogP contribution in [-0.4, -0.2) is 18.3 Å². The maximum Gasteiger partial charge on any atom is 0.0102 e. The Labute approximate surface area is 63.5 Å². The predicted octanol–water partition coefficient (Wildman–Crippen LogP) is 1.80. The molecule has 0 aromatic rings. The summed E-state index contributed by atoms with van der Waals surface area (Å²) in [5, 5.41) is 10.7. The van der Waals surface area contributed by atoms with E-state index in [0.29, 0.717) is 6.04 Å². The lowest BCUT2D eigenvalue weighted by Gasteiger charge is -2.11. The average molecular weight is 142 g/mol. The second-order valence-corrected chi connectivity index (χ2v) is 2.62. The molecule has 0 aliphatic rings. The third kappa shape index (κ3) is 4.50. The van der Waals surface area contributed by atoms with Crippen molar-refractivity contribution in [3.63, 3.8) is 0 Å². The Morgan fingerprint density at radius 2 is 2.10 bits per heavy atom. The Kier molecular flexibility index (Phi) is 5.22. The van der Waals surface area contributed by atoms with Crippen molar-refractivity contribution in [2.24, 2.45) is 0 Å². The molecule has 0 rings (SSSR count). The summed E-state index contributed by atoms with van der Waals surface area (Å²) in [5.41, 5.74) is 0.841. The van der Waals surface area contributed by atoms with Gasteiger partial charge in [-0.1, -0.05) is 13.8 Å². The molecule has 60 valence electrons. The normalized spacial score (nSPS) is 13.1. The van der Waals surface area contributed by atoms with Crippen LogP contribution >= 0.6 is 0 Å². The Hall–Kier alpha value is -0.370. The molecule has 0 saturated heterocycles. The van der Waals surface area contributed by atoms with Crippen LogP contribution in [0.2, 0.25) is 0 Å². The van der Waals surface area contributed by atoms with Crippen LogP contribution in [0.5, 0.6) is 0 Å². The molecule has 2 nitrogen and oxygen atoms in total. The molecule has 0 aliphatic carbocycles. The zero-order chi connectivity index (χ0) is 7.98. The standard InChI is InChI=1S/C8H18N2/c1-4-8(9)6-7(3)10-5-2/h7,9-10H,4-6H2,1-3H3. The average Bonchev–Trinajstić information content (AvgIpc) is 1.88. The van der Waals surface area contributed by atoms with Gasteiger partial charge in [-0.15, -0.1) is 0 Å². The Morgan fingerprint density at radius 1 is 1.50 bits per heavy atom. The van der Waals surface area contributed by atoms with Crippen LogP contribution in [-0.2, 0) is 0 Å². The summed E-state index contributed by atoms with van der Waals surface area (Å²) >= 11 is 0. The predicted molar refractivity (Wildman–Crippen MR) is 45.8 cm³/mol. The molecule has 0 saturated carbocycles. The molecule has 0 radical (unpaired) electrons. The molecule has 0 fully saturated rings. The monoisotopic (exact) mass is 142 g/mol. The quantitative estimate of drug-likeness (QED) is 0.564. The van der Waals surface area contributed by atoms with Gasteiger partial charge in [0.1, 0.15) is 0 Å². The van der Waals surface area contributed by atoms with E-state index in [0.717, 1.165) is 25.1 Å². The number of hydrogen-bond donors (Lipinski definition) is 2. The van der Waals surface area contributed by atoms with Crippen LogP contribution in [0.3, 0.4) is 0 Å². The maximum atomic E-state index is 7.41. The first kappa shape index (κ1) is 9.63. The van der Waals surface area contributed by atoms with Crippen LogP contribution < -0.4 is 5.32 Å². The summed E-state index contributed by atoms with van der Waals surface area (Å²) < 4.78 is 0. The molecular formula is C8H18N2. The topological polar surface area (TPSA) is 35.9 Å². The van der Waals surface area contributed by atoms with Gasteiger partial charge in [0, 0.05) is 18.2 Å². The molecule has 0 aliphatic heterocycles. The number of nitrogens with one attached hydrogen (secondary N) is 2. The molecule has 0 amide bonds. The van der Waals surface area contributed by atoms with Crippen molar-refractivity contribution in [1.29, 1.82) is 5.41 Å². The summed E-state index contributed by atoms with van der Waals surface area (Å²) in [6, 6.07) is 0.470. The van der Waals surface area contributed by atoms with Gasteiger partial charge in [-0.2, -0.15) is 0 Å². The lowest BCUT2D eigenvalue weighted by molar-refractivity contribution is 0.582. The first-order valence-corrected chi connectivity index (χ1v) is 4.00. The van der Waals surface area contributed by atoms with Crippen LogP contribution in [0, 0.1) is 5.41 Å². The van der Waals surface area contributed by atoms with E-state index in [2.05, 4.69) is 19.2 Å². The van der Waals surface area contributed by atoms with Crippen LogP contribution in [0.15, 0.2) is 0 Å². The minimum absolute atomic E-state index is 0.470. The fourth-order valence-corrected chi connectivity index (χ4v) is 0.935. The highest BCUT2D eigenvalue weighted by molar-refractivity contribution is 5.81. The van der Waals surface area contributed by atoms with E-state index in [4.69, 9.17) is 5.41 Å². The van der Waals surface area contributed by atoms with Crippen molar-refractivity contribution in [3.05, 3.63) is 0 Å². The van der Waals surface area contributed by atoms with Crippen LogP contribution in [0.1, 0.15) is 33.6 Å². The Bertz CT molecular complexity index is 99.4. The SMILES string of the molecule is CCNC(C)CC(=N)CC. The molecule has 1 unspecified atom stereocenters. The third-order valence-electron chi connectivity index (χ3n) is 1.53. The highest BCUT2D eigenvalue weighted by Gasteiger charge is 2.01. The van der Waals surface area contributed by atoms with Crippen molar-refractivity contribution in [2.45, 2.75) is 39.7 Å². The van der Waals surface area contributed by atoms with Crippen molar-refractivity contribution >= 4 is 5.71 Å². The number of hydrogen-bond acceptors (Lipinski definition) is 2. The fourth-order valence-electron chi connectivity index (χ4n) is 0.935. The minimum Gasteiger partial charge on any atom is -0.314 e. The number of rotatable bonds is 5. The maximum absolute atomic E-state index is 7.41. The van der Waals surface area contributed by atoms with Gasteiger partial charge in [0.15, 0.2) is 0 Å². The molecule has 2 N–H and O–H groups in total. The third-order valence-corrected chi connectivity index (χ3v) is 1.53. The first-order chi connectivity index (χ1) is 4.70. The van der Waals surface area contributed by atoms with E-state index in [1.807, 2.05) is 6.92 Å². The van der Waals surface area contributed by atoms with Crippen molar-refractivity contribution in [2.75, 3.05) is 6.54 Å². The minimum atomic E-state index is 0.470. The van der Waals surface area contributed by atoms with Gasteiger partial charge < -0.3 is 10.7 Å². The molecular weight excluding hydrogens is 124 g/mol. The van der Waals surface area contributed by atoms with E-state index in [1.54, 1.807) is 0 Å². The van der Waals surface area contributed by atoms with E-state index in [-0.39, 0.29) is 0 Å². The molecule has 10 heavy (non-hydrogen) atoms. The lowest BCUT2D eigenvalue weighted by Crippen LogP contribution is -2.27. The van der Waals surface area contributed by atoms with Crippen molar-refractivity contribution < 1.29 is 0 Å². The first-order valence-electron chi connectivity index (χ1n) is 4.00. The van der Waals surface area contributed by atoms with E-state index in [9.17, 15) is 0 Å². The summed E-state index contributed by atoms with van der Waals surface area (Å²) in [6.45, 7) is 7.24. The van der Waals surface area contributed by atoms with Crippen LogP contribution in [0.25, 0.3) is 0 Å². The molecule has 0 aromatic heterocycles. The molecule has 0 aromatic carbocycles. The summed E-state index contributed by atoms with van der Waals surface area (Å²) in [7, 11) is 0. The van der Waals surface area contributed by atoms with Gasteiger partial charge in [-0.3, -0.25) is 0 Å². The smallest absolute Gasteiger partial charge is 0.0102 e. The van der Waals surface area contributed by atoms with Gasteiger partial charge in [0.25, 0.3) is 0 Å². The molecule has 0 heterocycles. The van der Waals surface area contributed by atoms with Crippen molar-refractivity contribution in [1.82, 2.24) is 5.32 Å². The summed E-state index contributed by atoms with van der Waals surface area (Å²) in [6.07, 6.45) is 1.78. The molecule has 0 bridgehead atoms. The van der Waals surface area contributed by atoms with E-state index < -0.39 is 0 Å². The largest absolute Gasteiger partial charge is 0.314 e. The van der Waals surface area contributed by atoms with Gasteiger partial charge in [0.05, 0.1) is 0 Å². The van der Waals surface area contributed by atoms with Crippen LogP contribution in [0.4, 0.5) is 0 Å². The van der Waals surface area contributed by atoms with Crippen molar-refractivity contribution in [3.8, 4) is 0 Å². The van der Waals surface area contributed by atoms with E-state index in [1.165, 1.54) is 0 Å². The zero-order valence-electron chi connectivity index (χ0n) is 7.20. The van der Waals surface area contributed by atoms with E-state index >= 15 is 0 Å².